The van der Waals surface area contributed by atoms with E-state index in [2.05, 4.69) is 128 Å². The number of rotatable bonds is 6. The van der Waals surface area contributed by atoms with Gasteiger partial charge in [0.05, 0.1) is 40.7 Å². The molecule has 0 radical (unpaired) electrons. The first-order valence-corrected chi connectivity index (χ1v) is 12.0. The van der Waals surface area contributed by atoms with Crippen LogP contribution in [0.15, 0.2) is 97.1 Å². The Bertz CT molecular complexity index is 1470. The predicted octanol–water partition coefficient (Wildman–Crippen LogP) is 6.75. The van der Waals surface area contributed by atoms with Crippen molar-refractivity contribution in [2.75, 3.05) is 33.2 Å². The summed E-state index contributed by atoms with van der Waals surface area (Å²) >= 11 is 0. The van der Waals surface area contributed by atoms with Crippen LogP contribution in [0.5, 0.6) is 11.5 Å². The van der Waals surface area contributed by atoms with Crippen LogP contribution in [-0.4, -0.2) is 28.3 Å². The maximum Gasteiger partial charge on any atom is 0.284 e. The van der Waals surface area contributed by atoms with Gasteiger partial charge in [-0.15, -0.1) is 0 Å². The number of nitrogens with zero attached hydrogens (tertiary/aromatic N) is 2. The van der Waals surface area contributed by atoms with E-state index in [0.29, 0.717) is 0 Å². The molecule has 4 aromatic carbocycles. The highest BCUT2D eigenvalue weighted by Gasteiger charge is 2.22. The van der Waals surface area contributed by atoms with Crippen LogP contribution in [0.25, 0.3) is 44.3 Å². The first kappa shape index (κ1) is 23.4. The monoisotopic (exact) mass is 475 g/mol. The van der Waals surface area contributed by atoms with Gasteiger partial charge in [-0.25, -0.2) is 4.57 Å². The summed E-state index contributed by atoms with van der Waals surface area (Å²) in [6.45, 7) is 0. The summed E-state index contributed by atoms with van der Waals surface area (Å²) in [5.41, 5.74) is 7.03. The molecule has 5 rings (SSSR count). The normalized spacial score (nSPS) is 10.9. The molecule has 0 unspecified atom stereocenters. The molecule has 0 saturated carbocycles. The number of benzene rings is 4. The summed E-state index contributed by atoms with van der Waals surface area (Å²) in [5.74, 6) is 2.53. The van der Waals surface area contributed by atoms with Gasteiger partial charge in [0.25, 0.3) is 5.82 Å². The first-order valence-electron chi connectivity index (χ1n) is 12.0. The maximum atomic E-state index is 5.63. The van der Waals surface area contributed by atoms with Gasteiger partial charge in [0.2, 0.25) is 0 Å². The minimum absolute atomic E-state index is 0.720. The molecule has 5 aromatic rings. The molecule has 1 aromatic heterocycles. The average molecular weight is 476 g/mol. The van der Waals surface area contributed by atoms with Crippen LogP contribution in [0, 0.1) is 0 Å². The summed E-state index contributed by atoms with van der Waals surface area (Å²) in [6.07, 6.45) is 0. The fraction of sp³-hybridized carbons (Fsp3) is 0.156. The van der Waals surface area contributed by atoms with Crippen molar-refractivity contribution >= 4 is 16.6 Å². The van der Waals surface area contributed by atoms with E-state index < -0.39 is 0 Å². The van der Waals surface area contributed by atoms with E-state index in [1.165, 1.54) is 22.3 Å². The molecule has 0 aliphatic carbocycles. The molecule has 0 aliphatic rings. The molecule has 0 atom stereocenters. The van der Waals surface area contributed by atoms with Crippen molar-refractivity contribution in [2.45, 2.75) is 0 Å². The largest absolute Gasteiger partial charge is 0.493 e. The Kier molecular flexibility index (Phi) is 6.34. The van der Waals surface area contributed by atoms with Gasteiger partial charge < -0.3 is 9.47 Å². The van der Waals surface area contributed by atoms with Gasteiger partial charge >= 0.3 is 0 Å². The number of aromatic nitrogens is 1. The van der Waals surface area contributed by atoms with E-state index in [9.17, 15) is 0 Å². The lowest BCUT2D eigenvalue weighted by atomic mass is 9.94. The fourth-order valence-electron chi connectivity index (χ4n) is 4.93. The van der Waals surface area contributed by atoms with Crippen LogP contribution in [-0.2, 0) is 7.05 Å². The van der Waals surface area contributed by atoms with Crippen LogP contribution in [0.4, 0.5) is 5.82 Å². The highest BCUT2D eigenvalue weighted by molar-refractivity contribution is 5.95. The van der Waals surface area contributed by atoms with Crippen LogP contribution in [0.2, 0.25) is 0 Å². The van der Waals surface area contributed by atoms with Gasteiger partial charge in [-0.3, -0.25) is 4.90 Å². The van der Waals surface area contributed by atoms with Crippen molar-refractivity contribution in [1.29, 1.82) is 0 Å². The lowest BCUT2D eigenvalue weighted by molar-refractivity contribution is -0.646. The number of anilines is 1. The molecular formula is C32H31N2O2+. The second-order valence-electron chi connectivity index (χ2n) is 9.13. The van der Waals surface area contributed by atoms with E-state index in [1.54, 1.807) is 14.2 Å². The molecule has 0 aliphatic heterocycles. The fourth-order valence-corrected chi connectivity index (χ4v) is 4.93. The molecule has 4 nitrogen and oxygen atoms in total. The Labute approximate surface area is 213 Å². The standard InChI is InChI=1S/C32H31N2O2/c1-33(2)32-28-21-31(36-5)30(35-4)20-26(28)19-29(34(32)3)27-17-24(22-12-8-6-9-13-22)16-25(18-27)23-14-10-7-11-15-23/h6-21H,1-5H3/q+1. The highest BCUT2D eigenvalue weighted by atomic mass is 16.5. The Morgan fingerprint density at radius 2 is 1.08 bits per heavy atom. The number of fused-ring (bicyclic) bond motifs is 1. The SMILES string of the molecule is COc1cc2cc(-c3cc(-c4ccccc4)cc(-c4ccccc4)c3)[n+](C)c(N(C)C)c2cc1OC. The molecule has 1 heterocycles. The molecule has 0 fully saturated rings. The van der Waals surface area contributed by atoms with Crippen molar-refractivity contribution in [3.8, 4) is 45.0 Å². The van der Waals surface area contributed by atoms with Crippen LogP contribution < -0.4 is 18.9 Å². The zero-order chi connectivity index (χ0) is 25.2. The zero-order valence-corrected chi connectivity index (χ0v) is 21.4. The molecular weight excluding hydrogens is 444 g/mol. The summed E-state index contributed by atoms with van der Waals surface area (Å²) < 4.78 is 13.5. The Balaban J connectivity index is 1.81. The van der Waals surface area contributed by atoms with Gasteiger partial charge in [-0.05, 0) is 58.0 Å². The molecule has 4 heteroatoms. The van der Waals surface area contributed by atoms with E-state index in [4.69, 9.17) is 9.47 Å². The number of pyridine rings is 1. The molecule has 36 heavy (non-hydrogen) atoms. The second-order valence-corrected chi connectivity index (χ2v) is 9.13. The van der Waals surface area contributed by atoms with E-state index >= 15 is 0 Å². The van der Waals surface area contributed by atoms with Gasteiger partial charge in [0.15, 0.2) is 11.5 Å². The van der Waals surface area contributed by atoms with Crippen molar-refractivity contribution in [3.05, 3.63) is 97.1 Å². The lowest BCUT2D eigenvalue weighted by Crippen LogP contribution is -2.38. The molecule has 0 amide bonds. The van der Waals surface area contributed by atoms with Crippen LogP contribution in [0.3, 0.4) is 0 Å². The van der Waals surface area contributed by atoms with Crippen LogP contribution >= 0.6 is 0 Å². The Morgan fingerprint density at radius 1 is 0.583 bits per heavy atom. The van der Waals surface area contributed by atoms with Gasteiger partial charge in [-0.1, -0.05) is 60.7 Å². The van der Waals surface area contributed by atoms with Gasteiger partial charge in [-0.2, -0.15) is 0 Å². The van der Waals surface area contributed by atoms with E-state index in [0.717, 1.165) is 39.3 Å². The van der Waals surface area contributed by atoms with Crippen LogP contribution in [0.1, 0.15) is 0 Å². The minimum atomic E-state index is 0.720. The quantitative estimate of drug-likeness (QED) is 0.254. The Hall–Kier alpha value is -4.31. The zero-order valence-electron chi connectivity index (χ0n) is 21.4. The first-order chi connectivity index (χ1) is 17.5. The highest BCUT2D eigenvalue weighted by Crippen LogP contribution is 2.38. The summed E-state index contributed by atoms with van der Waals surface area (Å²) in [5, 5.41) is 2.20. The predicted molar refractivity (Wildman–Crippen MR) is 149 cm³/mol. The molecule has 0 bridgehead atoms. The molecule has 0 saturated heterocycles. The second kappa shape index (κ2) is 9.74. The third-order valence-electron chi connectivity index (χ3n) is 6.63. The third kappa shape index (κ3) is 4.27. The van der Waals surface area contributed by atoms with Gasteiger partial charge in [0, 0.05) is 11.6 Å². The van der Waals surface area contributed by atoms with Crippen molar-refractivity contribution in [1.82, 2.24) is 0 Å². The average Bonchev–Trinajstić information content (AvgIpc) is 2.92. The molecule has 0 spiro atoms. The minimum Gasteiger partial charge on any atom is -0.493 e. The van der Waals surface area contributed by atoms with E-state index in [1.807, 2.05) is 0 Å². The summed E-state index contributed by atoms with van der Waals surface area (Å²) in [7, 11) is 9.62. The third-order valence-corrected chi connectivity index (χ3v) is 6.63. The topological polar surface area (TPSA) is 25.6 Å². The van der Waals surface area contributed by atoms with Crippen molar-refractivity contribution in [3.63, 3.8) is 0 Å². The number of hydrogen-bond acceptors (Lipinski definition) is 3. The smallest absolute Gasteiger partial charge is 0.284 e. The summed E-state index contributed by atoms with van der Waals surface area (Å²) in [6, 6.07) is 34.3. The van der Waals surface area contributed by atoms with Crippen molar-refractivity contribution in [2.24, 2.45) is 7.05 Å². The maximum absolute atomic E-state index is 5.63. The molecule has 180 valence electrons. The lowest BCUT2D eigenvalue weighted by Gasteiger charge is -2.18. The number of ether oxygens (including phenoxy) is 2. The summed E-state index contributed by atoms with van der Waals surface area (Å²) in [4.78, 5) is 2.15. The number of hydrogen-bond donors (Lipinski definition) is 0. The Morgan fingerprint density at radius 3 is 1.58 bits per heavy atom. The molecule has 0 N–H and O–H groups in total. The van der Waals surface area contributed by atoms with Gasteiger partial charge in [0.1, 0.15) is 5.69 Å². The number of methoxy groups -OCH3 is 2. The van der Waals surface area contributed by atoms with E-state index in [-0.39, 0.29) is 0 Å². The van der Waals surface area contributed by atoms with Crippen molar-refractivity contribution < 1.29 is 14.0 Å².